The summed E-state index contributed by atoms with van der Waals surface area (Å²) in [4.78, 5) is 1.19. The van der Waals surface area contributed by atoms with Crippen LogP contribution in [0.1, 0.15) is 0 Å². The third-order valence-corrected chi connectivity index (χ3v) is 2.17. The van der Waals surface area contributed by atoms with Gasteiger partial charge in [-0.05, 0) is 23.6 Å². The molecule has 0 bridgehead atoms. The topological polar surface area (TPSA) is 9.23 Å². The molecule has 2 aliphatic heterocycles. The summed E-state index contributed by atoms with van der Waals surface area (Å²) in [5.74, 6) is 0.954. The van der Waals surface area contributed by atoms with Crippen molar-refractivity contribution in [3.8, 4) is 0 Å². The van der Waals surface area contributed by atoms with Gasteiger partial charge in [0.1, 0.15) is 5.76 Å². The molecule has 2 aliphatic rings. The molecule has 0 saturated carbocycles. The monoisotopic (exact) mass is 150 g/mol. The van der Waals surface area contributed by atoms with Gasteiger partial charge < -0.3 is 4.74 Å². The molecule has 0 aromatic rings. The van der Waals surface area contributed by atoms with Gasteiger partial charge in [-0.25, -0.2) is 0 Å². The van der Waals surface area contributed by atoms with Gasteiger partial charge in [0.2, 0.25) is 0 Å². The highest BCUT2D eigenvalue weighted by Crippen LogP contribution is 2.31. The Morgan fingerprint density at radius 2 is 2.20 bits per heavy atom. The largest absolute Gasteiger partial charge is 0.464 e. The lowest BCUT2D eigenvalue weighted by Gasteiger charge is -2.13. The molecule has 0 amide bonds. The predicted molar refractivity (Wildman–Crippen MR) is 43.1 cm³/mol. The molecule has 50 valence electrons. The first-order chi connectivity index (χ1) is 4.97. The highest BCUT2D eigenvalue weighted by molar-refractivity contribution is 8.06. The van der Waals surface area contributed by atoms with E-state index in [4.69, 9.17) is 4.74 Å². The van der Waals surface area contributed by atoms with E-state index in [0.717, 1.165) is 5.76 Å². The summed E-state index contributed by atoms with van der Waals surface area (Å²) in [5, 5.41) is 2.04. The second-order valence-corrected chi connectivity index (χ2v) is 2.90. The Bertz CT molecular complexity index is 230. The standard InChI is InChI=1S/C8H6OS/c1-4-8-7(9-5-1)3-2-6-10-8/h1-6H. The molecular formula is C8H6OS. The van der Waals surface area contributed by atoms with Gasteiger partial charge in [-0.15, -0.1) is 0 Å². The molecule has 1 nitrogen and oxygen atoms in total. The molecule has 0 saturated heterocycles. The average molecular weight is 150 g/mol. The summed E-state index contributed by atoms with van der Waals surface area (Å²) in [6, 6.07) is 0. The molecule has 0 fully saturated rings. The third-order valence-electron chi connectivity index (χ3n) is 1.29. The van der Waals surface area contributed by atoms with Crippen LogP contribution in [0.4, 0.5) is 0 Å². The molecule has 0 spiro atoms. The van der Waals surface area contributed by atoms with Gasteiger partial charge in [-0.3, -0.25) is 0 Å². The Morgan fingerprint density at radius 1 is 1.20 bits per heavy atom. The van der Waals surface area contributed by atoms with Gasteiger partial charge in [-0.1, -0.05) is 17.8 Å². The first-order valence-corrected chi connectivity index (χ1v) is 3.92. The van der Waals surface area contributed by atoms with Crippen LogP contribution in [0, 0.1) is 0 Å². The van der Waals surface area contributed by atoms with Crippen LogP contribution < -0.4 is 0 Å². The molecular weight excluding hydrogens is 144 g/mol. The quantitative estimate of drug-likeness (QED) is 0.525. The van der Waals surface area contributed by atoms with Crippen molar-refractivity contribution in [3.63, 3.8) is 0 Å². The van der Waals surface area contributed by atoms with Crippen molar-refractivity contribution in [3.05, 3.63) is 46.6 Å². The van der Waals surface area contributed by atoms with E-state index in [2.05, 4.69) is 0 Å². The average Bonchev–Trinajstić information content (AvgIpc) is 2.05. The molecule has 0 atom stereocenters. The number of hydrogen-bond donors (Lipinski definition) is 0. The summed E-state index contributed by atoms with van der Waals surface area (Å²) in [6.45, 7) is 0. The van der Waals surface area contributed by atoms with E-state index < -0.39 is 0 Å². The normalized spacial score (nSPS) is 20.8. The first kappa shape index (κ1) is 5.86. The van der Waals surface area contributed by atoms with Crippen LogP contribution in [-0.4, -0.2) is 0 Å². The minimum Gasteiger partial charge on any atom is -0.464 e. The van der Waals surface area contributed by atoms with Crippen LogP contribution in [0.5, 0.6) is 0 Å². The second kappa shape index (κ2) is 2.39. The predicted octanol–water partition coefficient (Wildman–Crippen LogP) is 2.56. The Balaban J connectivity index is 2.38. The lowest BCUT2D eigenvalue weighted by molar-refractivity contribution is 0.362. The summed E-state index contributed by atoms with van der Waals surface area (Å²) >= 11 is 1.68. The fraction of sp³-hybridized carbons (Fsp3) is 0. The van der Waals surface area contributed by atoms with Crippen molar-refractivity contribution in [1.29, 1.82) is 0 Å². The van der Waals surface area contributed by atoms with Gasteiger partial charge in [0.15, 0.2) is 0 Å². The van der Waals surface area contributed by atoms with Gasteiger partial charge >= 0.3 is 0 Å². The molecule has 2 rings (SSSR count). The smallest absolute Gasteiger partial charge is 0.140 e. The van der Waals surface area contributed by atoms with Crippen LogP contribution in [0.2, 0.25) is 0 Å². The number of thioether (sulfide) groups is 1. The zero-order chi connectivity index (χ0) is 6.81. The summed E-state index contributed by atoms with van der Waals surface area (Å²) < 4.78 is 5.22. The van der Waals surface area contributed by atoms with Crippen molar-refractivity contribution < 1.29 is 4.74 Å². The van der Waals surface area contributed by atoms with E-state index in [1.807, 2.05) is 29.7 Å². The molecule has 0 aromatic heterocycles. The van der Waals surface area contributed by atoms with E-state index in [1.165, 1.54) is 4.91 Å². The molecule has 0 unspecified atom stereocenters. The van der Waals surface area contributed by atoms with Crippen molar-refractivity contribution in [2.75, 3.05) is 0 Å². The summed E-state index contributed by atoms with van der Waals surface area (Å²) in [5.41, 5.74) is 0. The highest BCUT2D eigenvalue weighted by Gasteiger charge is 2.08. The Labute approximate surface area is 63.8 Å². The molecule has 0 aliphatic carbocycles. The minimum absolute atomic E-state index is 0.954. The van der Waals surface area contributed by atoms with Gasteiger partial charge in [0, 0.05) is 0 Å². The maximum Gasteiger partial charge on any atom is 0.140 e. The van der Waals surface area contributed by atoms with Crippen LogP contribution >= 0.6 is 11.8 Å². The number of hydrogen-bond acceptors (Lipinski definition) is 2. The fourth-order valence-electron chi connectivity index (χ4n) is 0.838. The third kappa shape index (κ3) is 0.907. The van der Waals surface area contributed by atoms with Crippen LogP contribution in [0.25, 0.3) is 0 Å². The summed E-state index contributed by atoms with van der Waals surface area (Å²) in [6.07, 6.45) is 9.58. The molecule has 2 heteroatoms. The van der Waals surface area contributed by atoms with E-state index in [-0.39, 0.29) is 0 Å². The van der Waals surface area contributed by atoms with Gasteiger partial charge in [-0.2, -0.15) is 0 Å². The zero-order valence-electron chi connectivity index (χ0n) is 5.28. The molecule has 10 heavy (non-hydrogen) atoms. The van der Waals surface area contributed by atoms with Crippen LogP contribution in [0.3, 0.4) is 0 Å². The maximum atomic E-state index is 5.22. The lowest BCUT2D eigenvalue weighted by Crippen LogP contribution is -1.93. The Morgan fingerprint density at radius 3 is 3.10 bits per heavy atom. The number of fused-ring (bicyclic) bond motifs is 1. The SMILES string of the molecule is C1=COC2=CC=CSC2=C1. The molecule has 0 radical (unpaired) electrons. The highest BCUT2D eigenvalue weighted by atomic mass is 32.2. The van der Waals surface area contributed by atoms with Crippen LogP contribution in [0.15, 0.2) is 46.6 Å². The Hall–Kier alpha value is -0.890. The van der Waals surface area contributed by atoms with Crippen molar-refractivity contribution in [1.82, 2.24) is 0 Å². The second-order valence-electron chi connectivity index (χ2n) is 1.95. The molecule has 2 heterocycles. The maximum absolute atomic E-state index is 5.22. The number of ether oxygens (including phenoxy) is 1. The van der Waals surface area contributed by atoms with Crippen molar-refractivity contribution >= 4 is 11.8 Å². The van der Waals surface area contributed by atoms with Gasteiger partial charge in [0.05, 0.1) is 11.2 Å². The minimum atomic E-state index is 0.954. The first-order valence-electron chi connectivity index (χ1n) is 3.04. The number of allylic oxidation sites excluding steroid dienone is 4. The van der Waals surface area contributed by atoms with Gasteiger partial charge in [0.25, 0.3) is 0 Å². The molecule has 0 aromatic carbocycles. The fourth-order valence-corrected chi connectivity index (χ4v) is 1.53. The van der Waals surface area contributed by atoms with E-state index in [0.29, 0.717) is 0 Å². The summed E-state index contributed by atoms with van der Waals surface area (Å²) in [7, 11) is 0. The van der Waals surface area contributed by atoms with E-state index >= 15 is 0 Å². The van der Waals surface area contributed by atoms with Crippen LogP contribution in [-0.2, 0) is 4.74 Å². The van der Waals surface area contributed by atoms with E-state index in [9.17, 15) is 0 Å². The molecule has 0 N–H and O–H groups in total. The zero-order valence-corrected chi connectivity index (χ0v) is 6.10. The van der Waals surface area contributed by atoms with Crippen molar-refractivity contribution in [2.45, 2.75) is 0 Å². The van der Waals surface area contributed by atoms with E-state index in [1.54, 1.807) is 18.0 Å². The van der Waals surface area contributed by atoms with Crippen molar-refractivity contribution in [2.24, 2.45) is 0 Å². The Kier molecular flexibility index (Phi) is 1.40. The number of rotatable bonds is 0. The lowest BCUT2D eigenvalue weighted by atomic mass is 10.3.